The first kappa shape index (κ1) is 21.6. The molecular formula is C19H20F3NO5S. The number of hydrogen-bond donors (Lipinski definition) is 1. The quantitative estimate of drug-likeness (QED) is 0.707. The Kier molecular flexibility index (Phi) is 6.47. The Morgan fingerprint density at radius 2 is 1.79 bits per heavy atom. The van der Waals surface area contributed by atoms with Gasteiger partial charge in [0.25, 0.3) is 10.1 Å². The minimum absolute atomic E-state index is 0.167. The second-order valence-corrected chi connectivity index (χ2v) is 8.09. The lowest BCUT2D eigenvalue weighted by molar-refractivity contribution is -0.137. The highest BCUT2D eigenvalue weighted by molar-refractivity contribution is 7.85. The lowest BCUT2D eigenvalue weighted by atomic mass is 10.0. The Balaban J connectivity index is 1.82. The monoisotopic (exact) mass is 431 g/mol. The predicted molar refractivity (Wildman–Crippen MR) is 99.0 cm³/mol. The minimum Gasteiger partial charge on any atom is -0.483 e. The fourth-order valence-electron chi connectivity index (χ4n) is 3.13. The number of alkyl halides is 3. The second-order valence-electron chi connectivity index (χ2n) is 6.67. The smallest absolute Gasteiger partial charge is 0.416 e. The number of rotatable bonds is 6. The topological polar surface area (TPSA) is 76.1 Å². The average Bonchev–Trinajstić information content (AvgIpc) is 2.65. The zero-order chi connectivity index (χ0) is 21.1. The molecule has 29 heavy (non-hydrogen) atoms. The third kappa shape index (κ3) is 6.17. The van der Waals surface area contributed by atoms with Crippen molar-refractivity contribution in [3.8, 4) is 5.75 Å². The summed E-state index contributed by atoms with van der Waals surface area (Å²) in [5.74, 6) is -0.309. The highest BCUT2D eigenvalue weighted by Crippen LogP contribution is 2.33. The van der Waals surface area contributed by atoms with E-state index in [1.165, 1.54) is 17.0 Å². The van der Waals surface area contributed by atoms with Crippen molar-refractivity contribution in [2.75, 3.05) is 25.6 Å². The molecule has 1 saturated heterocycles. The molecule has 2 aromatic rings. The van der Waals surface area contributed by atoms with Crippen molar-refractivity contribution >= 4 is 10.1 Å². The molecule has 2 aromatic carbocycles. The molecule has 158 valence electrons. The maximum absolute atomic E-state index is 12.8. The number of halogens is 3. The predicted octanol–water partition coefficient (Wildman–Crippen LogP) is 3.37. The average molecular weight is 431 g/mol. The Labute approximate surface area is 166 Å². The van der Waals surface area contributed by atoms with Crippen LogP contribution in [0.2, 0.25) is 0 Å². The van der Waals surface area contributed by atoms with E-state index < -0.39 is 39.9 Å². The van der Waals surface area contributed by atoms with E-state index >= 15 is 0 Å². The van der Waals surface area contributed by atoms with Crippen molar-refractivity contribution in [2.45, 2.75) is 18.4 Å². The Hall–Kier alpha value is -2.14. The van der Waals surface area contributed by atoms with Crippen LogP contribution in [0.15, 0.2) is 54.6 Å². The van der Waals surface area contributed by atoms with Crippen LogP contribution in [0.3, 0.4) is 0 Å². The molecule has 0 saturated carbocycles. The van der Waals surface area contributed by atoms with Crippen molar-refractivity contribution in [1.82, 2.24) is 4.90 Å². The highest BCUT2D eigenvalue weighted by Gasteiger charge is 2.33. The molecule has 0 spiro atoms. The normalized spacial score (nSPS) is 19.7. The Bertz CT molecular complexity index is 904. The summed E-state index contributed by atoms with van der Waals surface area (Å²) in [5, 5.41) is 0. The number of hydrogen-bond acceptors (Lipinski definition) is 5. The van der Waals surface area contributed by atoms with Gasteiger partial charge >= 0.3 is 6.18 Å². The summed E-state index contributed by atoms with van der Waals surface area (Å²) in [6.45, 7) is 0.706. The SMILES string of the molecule is O=S(=O)(O)CN1CCOC(C(Oc2ccc(C(F)(F)F)cc2)c2ccccc2)C1. The lowest BCUT2D eigenvalue weighted by Gasteiger charge is -2.36. The van der Waals surface area contributed by atoms with Gasteiger partial charge in [0.05, 0.1) is 12.2 Å². The van der Waals surface area contributed by atoms with Gasteiger partial charge in [-0.2, -0.15) is 21.6 Å². The molecule has 1 fully saturated rings. The van der Waals surface area contributed by atoms with E-state index in [0.29, 0.717) is 6.54 Å². The summed E-state index contributed by atoms with van der Waals surface area (Å²) in [6.07, 6.45) is -5.72. The fourth-order valence-corrected chi connectivity index (χ4v) is 3.83. The van der Waals surface area contributed by atoms with Gasteiger partial charge < -0.3 is 9.47 Å². The van der Waals surface area contributed by atoms with Crippen LogP contribution in [-0.4, -0.2) is 49.5 Å². The van der Waals surface area contributed by atoms with Crippen molar-refractivity contribution in [2.24, 2.45) is 0 Å². The van der Waals surface area contributed by atoms with Crippen molar-refractivity contribution in [3.05, 3.63) is 65.7 Å². The third-order valence-electron chi connectivity index (χ3n) is 4.43. The number of benzene rings is 2. The second kappa shape index (κ2) is 8.70. The van der Waals surface area contributed by atoms with Gasteiger partial charge in [-0.25, -0.2) is 0 Å². The van der Waals surface area contributed by atoms with E-state index in [0.717, 1.165) is 17.7 Å². The van der Waals surface area contributed by atoms with Gasteiger partial charge in [-0.3, -0.25) is 9.45 Å². The Morgan fingerprint density at radius 3 is 2.38 bits per heavy atom. The van der Waals surface area contributed by atoms with E-state index in [-0.39, 0.29) is 18.9 Å². The molecular weight excluding hydrogens is 411 g/mol. The minimum atomic E-state index is -4.44. The van der Waals surface area contributed by atoms with Crippen LogP contribution in [-0.2, 0) is 21.0 Å². The van der Waals surface area contributed by atoms with E-state index in [1.54, 1.807) is 24.3 Å². The summed E-state index contributed by atoms with van der Waals surface area (Å²) in [6, 6.07) is 13.3. The molecule has 2 atom stereocenters. The molecule has 0 radical (unpaired) electrons. The highest BCUT2D eigenvalue weighted by atomic mass is 32.2. The van der Waals surface area contributed by atoms with Crippen LogP contribution < -0.4 is 4.74 Å². The number of nitrogens with zero attached hydrogens (tertiary/aromatic N) is 1. The van der Waals surface area contributed by atoms with Crippen molar-refractivity contribution < 1.29 is 35.6 Å². The molecule has 1 aliphatic rings. The molecule has 1 heterocycles. The van der Waals surface area contributed by atoms with Crippen LogP contribution in [0.4, 0.5) is 13.2 Å². The molecule has 3 rings (SSSR count). The molecule has 2 unspecified atom stereocenters. The lowest BCUT2D eigenvalue weighted by Crippen LogP contribution is -2.47. The zero-order valence-electron chi connectivity index (χ0n) is 15.2. The maximum Gasteiger partial charge on any atom is 0.416 e. The number of ether oxygens (including phenoxy) is 2. The Morgan fingerprint density at radius 1 is 1.14 bits per heavy atom. The third-order valence-corrected chi connectivity index (χ3v) is 5.13. The van der Waals surface area contributed by atoms with Gasteiger partial charge in [-0.15, -0.1) is 0 Å². The van der Waals surface area contributed by atoms with Crippen molar-refractivity contribution in [3.63, 3.8) is 0 Å². The molecule has 1 N–H and O–H groups in total. The van der Waals surface area contributed by atoms with Gasteiger partial charge in [0.2, 0.25) is 0 Å². The van der Waals surface area contributed by atoms with Crippen LogP contribution in [0.1, 0.15) is 17.2 Å². The first-order valence-electron chi connectivity index (χ1n) is 8.80. The molecule has 10 heteroatoms. The van der Waals surface area contributed by atoms with Gasteiger partial charge in [-0.05, 0) is 29.8 Å². The van der Waals surface area contributed by atoms with Crippen LogP contribution in [0.5, 0.6) is 5.75 Å². The van der Waals surface area contributed by atoms with Crippen LogP contribution >= 0.6 is 0 Å². The van der Waals surface area contributed by atoms with Gasteiger partial charge in [0.15, 0.2) is 6.10 Å². The summed E-state index contributed by atoms with van der Waals surface area (Å²) in [5.41, 5.74) is -0.0551. The maximum atomic E-state index is 12.8. The molecule has 1 aliphatic heterocycles. The van der Waals surface area contributed by atoms with E-state index in [4.69, 9.17) is 14.0 Å². The number of morpholine rings is 1. The van der Waals surface area contributed by atoms with E-state index in [9.17, 15) is 21.6 Å². The van der Waals surface area contributed by atoms with Crippen molar-refractivity contribution in [1.29, 1.82) is 0 Å². The molecule has 0 amide bonds. The molecule has 6 nitrogen and oxygen atoms in total. The summed E-state index contributed by atoms with van der Waals surface area (Å²) >= 11 is 0. The first-order chi connectivity index (χ1) is 13.6. The molecule has 0 bridgehead atoms. The standard InChI is InChI=1S/C19H20F3NO5S/c20-19(21,22)15-6-8-16(9-7-15)28-18(14-4-2-1-3-5-14)17-12-23(10-11-27-17)13-29(24,25)26/h1-9,17-18H,10-13H2,(H,24,25,26). The fraction of sp³-hybridized carbons (Fsp3) is 0.368. The van der Waals surface area contributed by atoms with Gasteiger partial charge in [0, 0.05) is 13.1 Å². The van der Waals surface area contributed by atoms with Gasteiger partial charge in [0.1, 0.15) is 17.7 Å². The largest absolute Gasteiger partial charge is 0.483 e. The molecule has 0 aliphatic carbocycles. The molecule has 0 aromatic heterocycles. The summed E-state index contributed by atoms with van der Waals surface area (Å²) in [4.78, 5) is 1.52. The zero-order valence-corrected chi connectivity index (χ0v) is 16.1. The summed E-state index contributed by atoms with van der Waals surface area (Å²) in [7, 11) is -4.19. The van der Waals surface area contributed by atoms with E-state index in [2.05, 4.69) is 0 Å². The van der Waals surface area contributed by atoms with Crippen LogP contribution in [0.25, 0.3) is 0 Å². The van der Waals surface area contributed by atoms with Gasteiger partial charge in [-0.1, -0.05) is 30.3 Å². The first-order valence-corrected chi connectivity index (χ1v) is 10.4. The summed E-state index contributed by atoms with van der Waals surface area (Å²) < 4.78 is 81.6. The van der Waals surface area contributed by atoms with E-state index in [1.807, 2.05) is 6.07 Å². The van der Waals surface area contributed by atoms with Crippen LogP contribution in [0, 0.1) is 0 Å².